The number of carboxylic acids is 1. The van der Waals surface area contributed by atoms with Crippen molar-refractivity contribution in [3.05, 3.63) is 35.9 Å². The van der Waals surface area contributed by atoms with E-state index in [4.69, 9.17) is 4.74 Å². The average molecular weight is 405 g/mol. The van der Waals surface area contributed by atoms with Gasteiger partial charge in [0.05, 0.1) is 6.04 Å². The number of amides is 1. The number of rotatable bonds is 8. The fourth-order valence-corrected chi connectivity index (χ4v) is 3.50. The first kappa shape index (κ1) is 22.9. The van der Waals surface area contributed by atoms with Crippen molar-refractivity contribution in [2.24, 2.45) is 0 Å². The van der Waals surface area contributed by atoms with Crippen molar-refractivity contribution in [3.8, 4) is 0 Å². The second-order valence-electron chi connectivity index (χ2n) is 8.53. The molecule has 1 aliphatic rings. The van der Waals surface area contributed by atoms with E-state index in [1.54, 1.807) is 27.7 Å². The van der Waals surface area contributed by atoms with E-state index in [0.29, 0.717) is 25.8 Å². The third kappa shape index (κ3) is 6.85. The molecule has 1 amide bonds. The van der Waals surface area contributed by atoms with Gasteiger partial charge >= 0.3 is 11.9 Å². The number of ether oxygens (including phenoxy) is 1. The Balaban J connectivity index is 1.97. The third-order valence-electron chi connectivity index (χ3n) is 4.90. The Bertz CT molecular complexity index is 714. The van der Waals surface area contributed by atoms with E-state index < -0.39 is 35.7 Å². The first-order chi connectivity index (χ1) is 13.6. The Morgan fingerprint density at radius 1 is 1.24 bits per heavy atom. The van der Waals surface area contributed by atoms with E-state index in [1.807, 2.05) is 30.3 Å². The minimum atomic E-state index is -0.995. The highest BCUT2D eigenvalue weighted by molar-refractivity contribution is 5.88. The molecule has 0 aromatic heterocycles. The molecule has 1 aromatic rings. The van der Waals surface area contributed by atoms with Gasteiger partial charge in [0.25, 0.3) is 0 Å². The second kappa shape index (κ2) is 9.87. The number of hydrogen-bond donors (Lipinski definition) is 2. The molecule has 0 bridgehead atoms. The molecule has 1 aliphatic heterocycles. The van der Waals surface area contributed by atoms with Crippen LogP contribution >= 0.6 is 0 Å². The van der Waals surface area contributed by atoms with Crippen LogP contribution < -0.4 is 5.32 Å². The van der Waals surface area contributed by atoms with Crippen molar-refractivity contribution in [3.63, 3.8) is 0 Å². The van der Waals surface area contributed by atoms with Crippen LogP contribution in [0.15, 0.2) is 30.3 Å². The minimum Gasteiger partial charge on any atom is -0.480 e. The van der Waals surface area contributed by atoms with Crippen LogP contribution in [0.1, 0.15) is 52.5 Å². The first-order valence-corrected chi connectivity index (χ1v) is 10.1. The van der Waals surface area contributed by atoms with Gasteiger partial charge in [-0.25, -0.2) is 4.79 Å². The first-order valence-electron chi connectivity index (χ1n) is 10.1. The molecule has 0 unspecified atom stereocenters. The molecule has 0 saturated carbocycles. The van der Waals surface area contributed by atoms with Gasteiger partial charge in [-0.15, -0.1) is 0 Å². The van der Waals surface area contributed by atoms with Crippen LogP contribution in [0.25, 0.3) is 0 Å². The lowest BCUT2D eigenvalue weighted by Gasteiger charge is -2.30. The van der Waals surface area contributed by atoms with Gasteiger partial charge in [0.2, 0.25) is 5.91 Å². The molecule has 0 aliphatic carbocycles. The molecule has 160 valence electrons. The van der Waals surface area contributed by atoms with E-state index in [2.05, 4.69) is 5.32 Å². The Morgan fingerprint density at radius 2 is 1.90 bits per heavy atom. The lowest BCUT2D eigenvalue weighted by molar-refractivity contribution is -0.163. The number of aryl methyl sites for hydroxylation is 1. The van der Waals surface area contributed by atoms with Crippen molar-refractivity contribution in [2.45, 2.75) is 77.1 Å². The van der Waals surface area contributed by atoms with Crippen LogP contribution in [0.5, 0.6) is 0 Å². The van der Waals surface area contributed by atoms with Gasteiger partial charge in [-0.2, -0.15) is 0 Å². The molecule has 3 atom stereocenters. The van der Waals surface area contributed by atoms with E-state index in [1.165, 1.54) is 4.90 Å². The van der Waals surface area contributed by atoms with E-state index in [0.717, 1.165) is 12.0 Å². The Labute approximate surface area is 172 Å². The van der Waals surface area contributed by atoms with Crippen molar-refractivity contribution in [2.75, 3.05) is 6.54 Å². The predicted molar refractivity (Wildman–Crippen MR) is 109 cm³/mol. The van der Waals surface area contributed by atoms with Gasteiger partial charge in [0.15, 0.2) is 0 Å². The molecule has 1 fully saturated rings. The Hall–Kier alpha value is -2.41. The maximum absolute atomic E-state index is 12.9. The molecule has 2 rings (SSSR count). The highest BCUT2D eigenvalue weighted by Gasteiger charge is 2.39. The topological polar surface area (TPSA) is 95.9 Å². The average Bonchev–Trinajstić information content (AvgIpc) is 3.13. The van der Waals surface area contributed by atoms with Gasteiger partial charge in [0.1, 0.15) is 17.7 Å². The maximum Gasteiger partial charge on any atom is 0.329 e. The Kier molecular flexibility index (Phi) is 7.79. The molecule has 0 spiro atoms. The van der Waals surface area contributed by atoms with Gasteiger partial charge in [-0.05, 0) is 58.9 Å². The monoisotopic (exact) mass is 404 g/mol. The number of esters is 1. The molecule has 0 radical (unpaired) electrons. The van der Waals surface area contributed by atoms with Crippen molar-refractivity contribution in [1.29, 1.82) is 0 Å². The molecule has 7 heteroatoms. The fourth-order valence-electron chi connectivity index (χ4n) is 3.50. The van der Waals surface area contributed by atoms with Crippen LogP contribution in [0.4, 0.5) is 0 Å². The summed E-state index contributed by atoms with van der Waals surface area (Å²) in [6.45, 7) is 7.49. The van der Waals surface area contributed by atoms with Crippen LogP contribution in [-0.4, -0.2) is 58.1 Å². The zero-order valence-electron chi connectivity index (χ0n) is 17.7. The maximum atomic E-state index is 12.9. The summed E-state index contributed by atoms with van der Waals surface area (Å²) in [5.41, 5.74) is 0.424. The molecular formula is C22H32N2O5. The summed E-state index contributed by atoms with van der Waals surface area (Å²) in [6, 6.07) is 7.45. The van der Waals surface area contributed by atoms with Crippen molar-refractivity contribution < 1.29 is 24.2 Å². The highest BCUT2D eigenvalue weighted by atomic mass is 16.6. The number of carbonyl (C=O) groups excluding carboxylic acids is 2. The van der Waals surface area contributed by atoms with Crippen LogP contribution in [0.3, 0.4) is 0 Å². The number of nitrogens with zero attached hydrogens (tertiary/aromatic N) is 1. The number of carbonyl (C=O) groups is 3. The van der Waals surface area contributed by atoms with Crippen LogP contribution in [0.2, 0.25) is 0 Å². The normalized spacial score (nSPS) is 18.9. The predicted octanol–water partition coefficient (Wildman–Crippen LogP) is 2.38. The molecule has 7 nitrogen and oxygen atoms in total. The zero-order chi connectivity index (χ0) is 21.6. The van der Waals surface area contributed by atoms with Crippen molar-refractivity contribution >= 4 is 17.8 Å². The second-order valence-corrected chi connectivity index (χ2v) is 8.53. The smallest absolute Gasteiger partial charge is 0.329 e. The molecule has 1 heterocycles. The zero-order valence-corrected chi connectivity index (χ0v) is 17.7. The van der Waals surface area contributed by atoms with Crippen LogP contribution in [0, 0.1) is 0 Å². The largest absolute Gasteiger partial charge is 0.480 e. The summed E-state index contributed by atoms with van der Waals surface area (Å²) in [5.74, 6) is -1.68. The van der Waals surface area contributed by atoms with Gasteiger partial charge < -0.3 is 14.7 Å². The van der Waals surface area contributed by atoms with Gasteiger partial charge in [-0.3, -0.25) is 14.9 Å². The number of benzene rings is 1. The number of hydrogen-bond acceptors (Lipinski definition) is 5. The van der Waals surface area contributed by atoms with E-state index >= 15 is 0 Å². The molecule has 1 saturated heterocycles. The molecular weight excluding hydrogens is 372 g/mol. The summed E-state index contributed by atoms with van der Waals surface area (Å²) in [6.07, 6.45) is 2.24. The summed E-state index contributed by atoms with van der Waals surface area (Å²) >= 11 is 0. The molecule has 2 N–H and O–H groups in total. The number of nitrogens with one attached hydrogen (secondary N) is 1. The minimum absolute atomic E-state index is 0.274. The standard InChI is InChI=1S/C22H32N2O5/c1-15(23-17(20(26)27)13-12-16-9-6-5-7-10-16)19(25)24-14-8-11-18(24)21(28)29-22(2,3)4/h5-7,9-10,15,17-18,23H,8,11-14H2,1-4H3,(H,26,27)/t15-,17-,18-/m0/s1. The quantitative estimate of drug-likeness (QED) is 0.646. The highest BCUT2D eigenvalue weighted by Crippen LogP contribution is 2.22. The number of aliphatic carboxylic acids is 1. The van der Waals surface area contributed by atoms with Crippen molar-refractivity contribution in [1.82, 2.24) is 10.2 Å². The fraction of sp³-hybridized carbons (Fsp3) is 0.591. The van der Waals surface area contributed by atoms with Gasteiger partial charge in [-0.1, -0.05) is 30.3 Å². The number of carboxylic acid groups (broad SMARTS) is 1. The van der Waals surface area contributed by atoms with E-state index in [-0.39, 0.29) is 5.91 Å². The number of likely N-dealkylation sites (tertiary alicyclic amines) is 1. The SMILES string of the molecule is C[C@H](N[C@@H](CCc1ccccc1)C(=O)O)C(=O)N1CCC[C@H]1C(=O)OC(C)(C)C. The van der Waals surface area contributed by atoms with E-state index in [9.17, 15) is 19.5 Å². The Morgan fingerprint density at radius 3 is 2.48 bits per heavy atom. The summed E-state index contributed by atoms with van der Waals surface area (Å²) in [4.78, 5) is 38.6. The summed E-state index contributed by atoms with van der Waals surface area (Å²) in [7, 11) is 0. The molecule has 1 aromatic carbocycles. The summed E-state index contributed by atoms with van der Waals surface area (Å²) < 4.78 is 5.44. The molecule has 29 heavy (non-hydrogen) atoms. The van der Waals surface area contributed by atoms with Gasteiger partial charge in [0, 0.05) is 6.54 Å². The lowest BCUT2D eigenvalue weighted by Crippen LogP contribution is -2.53. The summed E-state index contributed by atoms with van der Waals surface area (Å²) in [5, 5.41) is 12.5. The van der Waals surface area contributed by atoms with Crippen LogP contribution in [-0.2, 0) is 25.5 Å². The lowest BCUT2D eigenvalue weighted by atomic mass is 10.0. The third-order valence-corrected chi connectivity index (χ3v) is 4.90.